The highest BCUT2D eigenvalue weighted by atomic mass is 32.2. The standard InChI is InChI=1S/C22H26N6O4S/c1-15-7-8-18(12-19(15)28-33(31,32)10-3-2-9-23)26-21-13-20(24-14-25-21)16-5-4-6-17(11-16)27-22(29)30/h4-8,11-14,27-28H,2-3,9-10,23H2,1H3,(H,29,30)(H,24,25,26). The second-order valence-corrected chi connectivity index (χ2v) is 9.21. The van der Waals surface area contributed by atoms with Gasteiger partial charge in [0.1, 0.15) is 12.1 Å². The average Bonchev–Trinajstić information content (AvgIpc) is 2.76. The van der Waals surface area contributed by atoms with Gasteiger partial charge in [0.2, 0.25) is 10.0 Å². The number of unbranched alkanes of at least 4 members (excludes halogenated alkanes) is 1. The fourth-order valence-corrected chi connectivity index (χ4v) is 4.32. The van der Waals surface area contributed by atoms with E-state index in [1.54, 1.807) is 30.3 Å². The molecule has 1 heterocycles. The van der Waals surface area contributed by atoms with E-state index in [-0.39, 0.29) is 5.75 Å². The number of nitrogens with two attached hydrogens (primary N) is 1. The van der Waals surface area contributed by atoms with Gasteiger partial charge in [-0.3, -0.25) is 10.0 Å². The lowest BCUT2D eigenvalue weighted by Crippen LogP contribution is -2.18. The molecule has 3 rings (SSSR count). The summed E-state index contributed by atoms with van der Waals surface area (Å²) in [4.78, 5) is 19.4. The van der Waals surface area contributed by atoms with Crippen molar-refractivity contribution in [2.24, 2.45) is 5.73 Å². The van der Waals surface area contributed by atoms with E-state index in [1.807, 2.05) is 25.1 Å². The zero-order chi connectivity index (χ0) is 23.8. The van der Waals surface area contributed by atoms with Crippen molar-refractivity contribution in [2.75, 3.05) is 27.7 Å². The van der Waals surface area contributed by atoms with E-state index >= 15 is 0 Å². The summed E-state index contributed by atoms with van der Waals surface area (Å²) in [5, 5.41) is 14.4. The number of aromatic nitrogens is 2. The number of sulfonamides is 1. The van der Waals surface area contributed by atoms with Crippen molar-refractivity contribution in [3.05, 3.63) is 60.4 Å². The minimum Gasteiger partial charge on any atom is -0.465 e. The molecule has 10 nitrogen and oxygen atoms in total. The SMILES string of the molecule is Cc1ccc(Nc2cc(-c3cccc(NC(=O)O)c3)ncn2)cc1NS(=O)(=O)CCCCN. The van der Waals surface area contributed by atoms with E-state index in [1.165, 1.54) is 6.33 Å². The van der Waals surface area contributed by atoms with Crippen molar-refractivity contribution < 1.29 is 18.3 Å². The predicted octanol–water partition coefficient (Wildman–Crippen LogP) is 3.77. The molecule has 0 radical (unpaired) electrons. The predicted molar refractivity (Wildman–Crippen MR) is 129 cm³/mol. The molecule has 11 heteroatoms. The maximum absolute atomic E-state index is 12.4. The van der Waals surface area contributed by atoms with Crippen LogP contribution in [0.4, 0.5) is 27.7 Å². The number of carbonyl (C=O) groups is 1. The lowest BCUT2D eigenvalue weighted by molar-refractivity contribution is 0.209. The Kier molecular flexibility index (Phi) is 7.80. The molecule has 0 saturated heterocycles. The second-order valence-electron chi connectivity index (χ2n) is 7.37. The number of amides is 1. The van der Waals surface area contributed by atoms with Gasteiger partial charge in [-0.25, -0.2) is 23.2 Å². The van der Waals surface area contributed by atoms with Gasteiger partial charge in [-0.15, -0.1) is 0 Å². The molecule has 0 unspecified atom stereocenters. The summed E-state index contributed by atoms with van der Waals surface area (Å²) in [5.41, 5.74) is 9.08. The fourth-order valence-electron chi connectivity index (χ4n) is 3.08. The molecular weight excluding hydrogens is 444 g/mol. The number of nitrogens with one attached hydrogen (secondary N) is 3. The average molecular weight is 471 g/mol. The summed E-state index contributed by atoms with van der Waals surface area (Å²) in [5.74, 6) is 0.504. The maximum Gasteiger partial charge on any atom is 0.409 e. The van der Waals surface area contributed by atoms with Crippen molar-refractivity contribution in [3.63, 3.8) is 0 Å². The molecule has 0 spiro atoms. The highest BCUT2D eigenvalue weighted by molar-refractivity contribution is 7.92. The number of hydrogen-bond acceptors (Lipinski definition) is 7. The van der Waals surface area contributed by atoms with Gasteiger partial charge in [0.15, 0.2) is 0 Å². The van der Waals surface area contributed by atoms with Crippen molar-refractivity contribution in [2.45, 2.75) is 19.8 Å². The van der Waals surface area contributed by atoms with Crippen molar-refractivity contribution >= 4 is 39.0 Å². The molecule has 0 aliphatic rings. The minimum absolute atomic E-state index is 0.00632. The third kappa shape index (κ3) is 7.16. The highest BCUT2D eigenvalue weighted by Gasteiger charge is 2.12. The Balaban J connectivity index is 1.78. The highest BCUT2D eigenvalue weighted by Crippen LogP contribution is 2.26. The zero-order valence-electron chi connectivity index (χ0n) is 18.1. The van der Waals surface area contributed by atoms with Gasteiger partial charge in [0, 0.05) is 23.0 Å². The minimum atomic E-state index is -3.48. The second kappa shape index (κ2) is 10.7. The zero-order valence-corrected chi connectivity index (χ0v) is 18.9. The van der Waals surface area contributed by atoms with Crippen molar-refractivity contribution in [3.8, 4) is 11.3 Å². The summed E-state index contributed by atoms with van der Waals surface area (Å²) in [6.45, 7) is 2.28. The number of aryl methyl sites for hydroxylation is 1. The number of hydrogen-bond donors (Lipinski definition) is 5. The number of nitrogens with zero attached hydrogens (tertiary/aromatic N) is 2. The molecule has 1 aromatic heterocycles. The normalized spacial score (nSPS) is 11.1. The van der Waals surface area contributed by atoms with Crippen LogP contribution in [0.15, 0.2) is 54.9 Å². The van der Waals surface area contributed by atoms with Crippen LogP contribution in [0.2, 0.25) is 0 Å². The largest absolute Gasteiger partial charge is 0.465 e. The molecule has 33 heavy (non-hydrogen) atoms. The molecule has 0 bridgehead atoms. The Hall–Kier alpha value is -3.70. The van der Waals surface area contributed by atoms with Crippen LogP contribution in [0, 0.1) is 6.92 Å². The number of anilines is 4. The van der Waals surface area contributed by atoms with Gasteiger partial charge in [0.05, 0.1) is 17.1 Å². The summed E-state index contributed by atoms with van der Waals surface area (Å²) in [7, 11) is -3.48. The molecule has 0 aliphatic carbocycles. The number of carboxylic acid groups (broad SMARTS) is 1. The number of benzene rings is 2. The maximum atomic E-state index is 12.4. The fraction of sp³-hybridized carbons (Fsp3) is 0.227. The first-order valence-electron chi connectivity index (χ1n) is 10.3. The topological polar surface area (TPSA) is 159 Å². The quantitative estimate of drug-likeness (QED) is 0.280. The van der Waals surface area contributed by atoms with Gasteiger partial charge in [-0.05, 0) is 56.1 Å². The summed E-state index contributed by atoms with van der Waals surface area (Å²) in [6.07, 6.45) is 1.38. The molecule has 3 aromatic rings. The Bertz CT molecular complexity index is 1230. The smallest absolute Gasteiger partial charge is 0.409 e. The molecule has 0 saturated carbocycles. The van der Waals surface area contributed by atoms with Crippen LogP contribution in [0.25, 0.3) is 11.3 Å². The van der Waals surface area contributed by atoms with E-state index in [4.69, 9.17) is 10.8 Å². The van der Waals surface area contributed by atoms with Gasteiger partial charge < -0.3 is 16.2 Å². The van der Waals surface area contributed by atoms with E-state index in [0.29, 0.717) is 53.5 Å². The van der Waals surface area contributed by atoms with Gasteiger partial charge >= 0.3 is 6.09 Å². The van der Waals surface area contributed by atoms with Crippen LogP contribution in [0.3, 0.4) is 0 Å². The van der Waals surface area contributed by atoms with Crippen molar-refractivity contribution in [1.29, 1.82) is 0 Å². The molecule has 1 amide bonds. The van der Waals surface area contributed by atoms with Crippen LogP contribution in [-0.4, -0.2) is 41.9 Å². The molecule has 174 valence electrons. The van der Waals surface area contributed by atoms with Crippen LogP contribution < -0.4 is 21.1 Å². The van der Waals surface area contributed by atoms with Crippen molar-refractivity contribution in [1.82, 2.24) is 9.97 Å². The van der Waals surface area contributed by atoms with Crippen LogP contribution in [0.1, 0.15) is 18.4 Å². The first-order valence-corrected chi connectivity index (χ1v) is 11.9. The lowest BCUT2D eigenvalue weighted by atomic mass is 10.1. The van der Waals surface area contributed by atoms with E-state index in [9.17, 15) is 13.2 Å². The van der Waals surface area contributed by atoms with Crippen LogP contribution >= 0.6 is 0 Å². The lowest BCUT2D eigenvalue weighted by Gasteiger charge is -2.13. The Morgan fingerprint density at radius 3 is 2.64 bits per heavy atom. The van der Waals surface area contributed by atoms with Gasteiger partial charge in [-0.2, -0.15) is 0 Å². The third-order valence-corrected chi connectivity index (χ3v) is 6.08. The summed E-state index contributed by atoms with van der Waals surface area (Å²) in [6, 6.07) is 13.9. The molecule has 6 N–H and O–H groups in total. The first-order chi connectivity index (χ1) is 15.8. The first kappa shape index (κ1) is 24.0. The van der Waals surface area contributed by atoms with E-state index < -0.39 is 16.1 Å². The molecule has 0 aliphatic heterocycles. The Morgan fingerprint density at radius 1 is 1.06 bits per heavy atom. The van der Waals surface area contributed by atoms with Gasteiger partial charge in [0.25, 0.3) is 0 Å². The molecule has 0 atom stereocenters. The van der Waals surface area contributed by atoms with E-state index in [0.717, 1.165) is 5.56 Å². The monoisotopic (exact) mass is 470 g/mol. The summed E-state index contributed by atoms with van der Waals surface area (Å²) < 4.78 is 27.3. The van der Waals surface area contributed by atoms with Crippen LogP contribution in [0.5, 0.6) is 0 Å². The van der Waals surface area contributed by atoms with Crippen LogP contribution in [-0.2, 0) is 10.0 Å². The molecule has 2 aromatic carbocycles. The molecule has 0 fully saturated rings. The number of rotatable bonds is 10. The third-order valence-electron chi connectivity index (χ3n) is 4.72. The summed E-state index contributed by atoms with van der Waals surface area (Å²) >= 11 is 0. The Morgan fingerprint density at radius 2 is 1.88 bits per heavy atom. The van der Waals surface area contributed by atoms with Gasteiger partial charge in [-0.1, -0.05) is 18.2 Å². The Labute approximate surface area is 192 Å². The van der Waals surface area contributed by atoms with E-state index in [2.05, 4.69) is 25.3 Å². The molecular formula is C22H26N6O4S.